The summed E-state index contributed by atoms with van der Waals surface area (Å²) in [4.78, 5) is 0. The minimum absolute atomic E-state index is 0.415. The molecule has 0 bridgehead atoms. The Morgan fingerprint density at radius 1 is 1.38 bits per heavy atom. The summed E-state index contributed by atoms with van der Waals surface area (Å²) in [5.74, 6) is 0.545. The standard InChI is InChI=1S/C18H26N2O/c1-3-7-15(2)12-21-14-18(13-19,20-17-10-11-17)16-8-5-4-6-9-16/h4-6,8-9,15,17,20H,3,7,10-12,14H2,1-2H3. The van der Waals surface area contributed by atoms with Crippen LogP contribution in [0, 0.1) is 17.2 Å². The highest BCUT2D eigenvalue weighted by Gasteiger charge is 2.38. The minimum atomic E-state index is -0.714. The van der Waals surface area contributed by atoms with E-state index < -0.39 is 5.54 Å². The Morgan fingerprint density at radius 3 is 2.67 bits per heavy atom. The van der Waals surface area contributed by atoms with Crippen LogP contribution in [0.25, 0.3) is 0 Å². The van der Waals surface area contributed by atoms with Gasteiger partial charge in [0.25, 0.3) is 0 Å². The molecule has 0 spiro atoms. The molecule has 1 aliphatic carbocycles. The first-order chi connectivity index (χ1) is 10.2. The van der Waals surface area contributed by atoms with E-state index in [0.29, 0.717) is 18.6 Å². The van der Waals surface area contributed by atoms with Gasteiger partial charge in [-0.2, -0.15) is 5.26 Å². The Balaban J connectivity index is 2.03. The lowest BCUT2D eigenvalue weighted by Gasteiger charge is -2.29. The summed E-state index contributed by atoms with van der Waals surface area (Å²) < 4.78 is 5.90. The number of nitriles is 1. The molecule has 1 aromatic carbocycles. The highest BCUT2D eigenvalue weighted by Crippen LogP contribution is 2.29. The lowest BCUT2D eigenvalue weighted by atomic mass is 9.92. The molecule has 2 rings (SSSR count). The number of hydrogen-bond acceptors (Lipinski definition) is 3. The van der Waals surface area contributed by atoms with Crippen LogP contribution in [0.2, 0.25) is 0 Å². The number of benzene rings is 1. The van der Waals surface area contributed by atoms with Gasteiger partial charge in [-0.15, -0.1) is 0 Å². The number of nitrogens with one attached hydrogen (secondary N) is 1. The molecular formula is C18H26N2O. The molecule has 1 aliphatic rings. The molecule has 114 valence electrons. The van der Waals surface area contributed by atoms with E-state index in [1.165, 1.54) is 12.8 Å². The Bertz CT molecular complexity index is 464. The third-order valence-corrected chi connectivity index (χ3v) is 3.99. The molecule has 0 aromatic heterocycles. The van der Waals surface area contributed by atoms with Gasteiger partial charge in [-0.05, 0) is 30.7 Å². The lowest BCUT2D eigenvalue weighted by Crippen LogP contribution is -2.46. The number of ether oxygens (including phenoxy) is 1. The van der Waals surface area contributed by atoms with Crippen molar-refractivity contribution in [1.29, 1.82) is 5.26 Å². The van der Waals surface area contributed by atoms with E-state index in [2.05, 4.69) is 25.2 Å². The van der Waals surface area contributed by atoms with E-state index >= 15 is 0 Å². The summed E-state index contributed by atoms with van der Waals surface area (Å²) in [6.45, 7) is 5.53. The van der Waals surface area contributed by atoms with Crippen LogP contribution < -0.4 is 5.32 Å². The van der Waals surface area contributed by atoms with Crippen LogP contribution in [0.3, 0.4) is 0 Å². The summed E-state index contributed by atoms with van der Waals surface area (Å²) in [5.41, 5.74) is 0.288. The van der Waals surface area contributed by atoms with Crippen molar-refractivity contribution in [3.05, 3.63) is 35.9 Å². The molecule has 3 heteroatoms. The molecule has 1 saturated carbocycles. The molecular weight excluding hydrogens is 260 g/mol. The number of nitrogens with zero attached hydrogens (tertiary/aromatic N) is 1. The zero-order chi connectivity index (χ0) is 15.1. The monoisotopic (exact) mass is 286 g/mol. The van der Waals surface area contributed by atoms with Crippen molar-refractivity contribution in [3.8, 4) is 6.07 Å². The maximum Gasteiger partial charge on any atom is 0.156 e. The molecule has 1 N–H and O–H groups in total. The third kappa shape index (κ3) is 4.56. The SMILES string of the molecule is CCCC(C)COCC(C#N)(NC1CC1)c1ccccc1. The van der Waals surface area contributed by atoms with Crippen molar-refractivity contribution in [1.82, 2.24) is 5.32 Å². The largest absolute Gasteiger partial charge is 0.378 e. The first-order valence-electron chi connectivity index (χ1n) is 8.02. The zero-order valence-corrected chi connectivity index (χ0v) is 13.1. The summed E-state index contributed by atoms with van der Waals surface area (Å²) in [6.07, 6.45) is 4.65. The normalized spacial score (nSPS) is 18.7. The molecule has 3 nitrogen and oxygen atoms in total. The van der Waals surface area contributed by atoms with Crippen LogP contribution >= 0.6 is 0 Å². The smallest absolute Gasteiger partial charge is 0.156 e. The van der Waals surface area contributed by atoms with Crippen molar-refractivity contribution in [2.24, 2.45) is 5.92 Å². The molecule has 2 atom stereocenters. The van der Waals surface area contributed by atoms with Gasteiger partial charge in [0.05, 0.1) is 12.7 Å². The summed E-state index contributed by atoms with van der Waals surface area (Å²) in [7, 11) is 0. The van der Waals surface area contributed by atoms with Gasteiger partial charge >= 0.3 is 0 Å². The van der Waals surface area contributed by atoms with Gasteiger partial charge in [-0.25, -0.2) is 0 Å². The molecule has 0 radical (unpaired) electrons. The average molecular weight is 286 g/mol. The van der Waals surface area contributed by atoms with Crippen LogP contribution in [-0.4, -0.2) is 19.3 Å². The van der Waals surface area contributed by atoms with Crippen molar-refractivity contribution in [3.63, 3.8) is 0 Å². The highest BCUT2D eigenvalue weighted by molar-refractivity contribution is 5.32. The summed E-state index contributed by atoms with van der Waals surface area (Å²) >= 11 is 0. The average Bonchev–Trinajstić information content (AvgIpc) is 3.31. The van der Waals surface area contributed by atoms with Gasteiger partial charge in [-0.1, -0.05) is 50.6 Å². The van der Waals surface area contributed by atoms with Gasteiger partial charge < -0.3 is 4.74 Å². The Labute approximate surface area is 128 Å². The van der Waals surface area contributed by atoms with E-state index in [9.17, 15) is 5.26 Å². The van der Waals surface area contributed by atoms with Crippen molar-refractivity contribution < 1.29 is 4.74 Å². The van der Waals surface area contributed by atoms with Gasteiger partial charge in [-0.3, -0.25) is 5.32 Å². The summed E-state index contributed by atoms with van der Waals surface area (Å²) in [6, 6.07) is 12.9. The van der Waals surface area contributed by atoms with Crippen LogP contribution in [0.15, 0.2) is 30.3 Å². The maximum atomic E-state index is 9.78. The second-order valence-electron chi connectivity index (χ2n) is 6.21. The van der Waals surface area contributed by atoms with Gasteiger partial charge in [0.15, 0.2) is 5.54 Å². The van der Waals surface area contributed by atoms with Crippen LogP contribution in [-0.2, 0) is 10.3 Å². The second kappa shape index (κ2) is 7.59. The molecule has 1 fully saturated rings. The molecule has 0 saturated heterocycles. The fraction of sp³-hybridized carbons (Fsp3) is 0.611. The van der Waals surface area contributed by atoms with E-state index in [0.717, 1.165) is 25.0 Å². The topological polar surface area (TPSA) is 45.0 Å². The molecule has 0 amide bonds. The summed E-state index contributed by atoms with van der Waals surface area (Å²) in [5, 5.41) is 13.3. The lowest BCUT2D eigenvalue weighted by molar-refractivity contribution is 0.0637. The Kier molecular flexibility index (Phi) is 5.78. The van der Waals surface area contributed by atoms with E-state index in [1.807, 2.05) is 30.3 Å². The first-order valence-corrected chi connectivity index (χ1v) is 8.02. The first kappa shape index (κ1) is 16.0. The van der Waals surface area contributed by atoms with Gasteiger partial charge in [0, 0.05) is 12.6 Å². The fourth-order valence-corrected chi connectivity index (χ4v) is 2.63. The molecule has 21 heavy (non-hydrogen) atoms. The Hall–Kier alpha value is -1.37. The van der Waals surface area contributed by atoms with E-state index in [4.69, 9.17) is 4.74 Å². The quantitative estimate of drug-likeness (QED) is 0.754. The van der Waals surface area contributed by atoms with Gasteiger partial charge in [0.1, 0.15) is 0 Å². The highest BCUT2D eigenvalue weighted by atomic mass is 16.5. The fourth-order valence-electron chi connectivity index (χ4n) is 2.63. The van der Waals surface area contributed by atoms with Crippen molar-refractivity contribution >= 4 is 0 Å². The van der Waals surface area contributed by atoms with Crippen molar-refractivity contribution in [2.45, 2.75) is 51.1 Å². The van der Waals surface area contributed by atoms with Crippen LogP contribution in [0.5, 0.6) is 0 Å². The second-order valence-corrected chi connectivity index (χ2v) is 6.21. The van der Waals surface area contributed by atoms with Crippen LogP contribution in [0.1, 0.15) is 45.1 Å². The number of rotatable bonds is 9. The predicted octanol–water partition coefficient (Wildman–Crippen LogP) is 3.61. The van der Waals surface area contributed by atoms with Gasteiger partial charge in [0.2, 0.25) is 0 Å². The molecule has 1 aromatic rings. The van der Waals surface area contributed by atoms with Crippen LogP contribution in [0.4, 0.5) is 0 Å². The Morgan fingerprint density at radius 2 is 2.10 bits per heavy atom. The number of hydrogen-bond donors (Lipinski definition) is 1. The molecule has 0 aliphatic heterocycles. The maximum absolute atomic E-state index is 9.78. The van der Waals surface area contributed by atoms with Crippen molar-refractivity contribution in [2.75, 3.05) is 13.2 Å². The van der Waals surface area contributed by atoms with E-state index in [-0.39, 0.29) is 0 Å². The zero-order valence-electron chi connectivity index (χ0n) is 13.1. The predicted molar refractivity (Wildman–Crippen MR) is 84.8 cm³/mol. The molecule has 2 unspecified atom stereocenters. The third-order valence-electron chi connectivity index (χ3n) is 3.99. The molecule has 0 heterocycles. The minimum Gasteiger partial charge on any atom is -0.378 e. The van der Waals surface area contributed by atoms with E-state index in [1.54, 1.807) is 0 Å².